The highest BCUT2D eigenvalue weighted by molar-refractivity contribution is 5.91. The van der Waals surface area contributed by atoms with E-state index < -0.39 is 35.7 Å². The van der Waals surface area contributed by atoms with E-state index >= 15 is 0 Å². The van der Waals surface area contributed by atoms with Gasteiger partial charge in [-0.2, -0.15) is 0 Å². The molecule has 1 aliphatic heterocycles. The van der Waals surface area contributed by atoms with Crippen LogP contribution in [0.5, 0.6) is 0 Å². The molecule has 0 bridgehead atoms. The van der Waals surface area contributed by atoms with E-state index in [0.29, 0.717) is 30.4 Å². The fourth-order valence-electron chi connectivity index (χ4n) is 4.69. The lowest BCUT2D eigenvalue weighted by Crippen LogP contribution is -2.58. The zero-order valence-corrected chi connectivity index (χ0v) is 15.1. The summed E-state index contributed by atoms with van der Waals surface area (Å²) in [7, 11) is 0. The Hall–Kier alpha value is -1.88. The van der Waals surface area contributed by atoms with Gasteiger partial charge in [0.05, 0.1) is 12.0 Å². The first-order valence-electron chi connectivity index (χ1n) is 8.80. The third kappa shape index (κ3) is 2.65. The van der Waals surface area contributed by atoms with Gasteiger partial charge in [-0.1, -0.05) is 31.7 Å². The Morgan fingerprint density at radius 1 is 1.44 bits per heavy atom. The van der Waals surface area contributed by atoms with Crippen molar-refractivity contribution in [3.05, 3.63) is 36.0 Å². The Bertz CT molecular complexity index is 676. The van der Waals surface area contributed by atoms with Crippen molar-refractivity contribution in [3.63, 3.8) is 0 Å². The minimum Gasteiger partial charge on any atom is -0.458 e. The average Bonchev–Trinajstić information content (AvgIpc) is 2.84. The Labute approximate surface area is 148 Å². The first kappa shape index (κ1) is 17.9. The number of allylic oxidation sites excluding steroid dienone is 1. The quantitative estimate of drug-likeness (QED) is 0.473. The first-order chi connectivity index (χ1) is 11.7. The highest BCUT2D eigenvalue weighted by atomic mass is 16.6. The van der Waals surface area contributed by atoms with Gasteiger partial charge < -0.3 is 14.6 Å². The summed E-state index contributed by atoms with van der Waals surface area (Å²) in [4.78, 5) is 24.5. The molecule has 0 aromatic rings. The van der Waals surface area contributed by atoms with Crippen LogP contribution in [0.15, 0.2) is 36.0 Å². The molecule has 0 aromatic heterocycles. The van der Waals surface area contributed by atoms with E-state index in [1.807, 2.05) is 6.92 Å². The minimum atomic E-state index is -0.604. The molecule has 2 aliphatic carbocycles. The lowest BCUT2D eigenvalue weighted by Gasteiger charge is -2.54. The number of hydrogen-bond acceptors (Lipinski definition) is 5. The second kappa shape index (κ2) is 6.13. The van der Waals surface area contributed by atoms with Crippen molar-refractivity contribution in [3.8, 4) is 0 Å². The molecular weight excluding hydrogens is 320 g/mol. The van der Waals surface area contributed by atoms with Gasteiger partial charge in [0.15, 0.2) is 0 Å². The number of aliphatic hydroxyl groups excluding tert-OH is 1. The first-order valence-corrected chi connectivity index (χ1v) is 8.80. The summed E-state index contributed by atoms with van der Waals surface area (Å²) < 4.78 is 11.3. The van der Waals surface area contributed by atoms with Crippen molar-refractivity contribution in [2.45, 2.75) is 58.3 Å². The molecule has 0 spiro atoms. The van der Waals surface area contributed by atoms with Gasteiger partial charge in [-0.15, -0.1) is 0 Å². The molecule has 6 atom stereocenters. The smallest absolute Gasteiger partial charge is 0.334 e. The molecule has 1 saturated heterocycles. The molecule has 1 N–H and O–H groups in total. The summed E-state index contributed by atoms with van der Waals surface area (Å²) in [5.74, 6) is -1.48. The van der Waals surface area contributed by atoms with Crippen LogP contribution in [0, 0.1) is 17.3 Å². The maximum Gasteiger partial charge on any atom is 0.334 e. The monoisotopic (exact) mass is 346 g/mol. The standard InChI is InChI=1S/C20H26O5/c1-6-10(2)18(22)25-17-15-12(4)19(23)24-13(15)9-20(5)14(21)8-7-11(3)16(17)20/h6,13-17,21H,3-4,7-9H2,1-2,5H3/b10-6+/t13-,14+,15+,16+,17-,20-/m0/s1. The molecule has 3 aliphatic rings. The van der Waals surface area contributed by atoms with Crippen molar-refractivity contribution in [2.75, 3.05) is 0 Å². The molecule has 3 rings (SSSR count). The van der Waals surface area contributed by atoms with Crippen LogP contribution < -0.4 is 0 Å². The summed E-state index contributed by atoms with van der Waals surface area (Å²) in [6, 6.07) is 0. The van der Waals surface area contributed by atoms with Crippen molar-refractivity contribution in [2.24, 2.45) is 17.3 Å². The lowest BCUT2D eigenvalue weighted by molar-refractivity contribution is -0.177. The molecule has 0 amide bonds. The Balaban J connectivity index is 2.04. The van der Waals surface area contributed by atoms with Crippen molar-refractivity contribution in [1.29, 1.82) is 0 Å². The summed E-state index contributed by atoms with van der Waals surface area (Å²) in [6.45, 7) is 13.5. The van der Waals surface area contributed by atoms with Crippen molar-refractivity contribution in [1.82, 2.24) is 0 Å². The highest BCUT2D eigenvalue weighted by Gasteiger charge is 2.62. The fourth-order valence-corrected chi connectivity index (χ4v) is 4.69. The van der Waals surface area contributed by atoms with Gasteiger partial charge in [0.25, 0.3) is 0 Å². The number of aliphatic hydroxyl groups is 1. The molecule has 3 fully saturated rings. The van der Waals surface area contributed by atoms with E-state index in [1.165, 1.54) is 0 Å². The number of esters is 2. The maximum atomic E-state index is 12.4. The largest absolute Gasteiger partial charge is 0.458 e. The van der Waals surface area contributed by atoms with Crippen molar-refractivity contribution >= 4 is 11.9 Å². The van der Waals surface area contributed by atoms with Crippen LogP contribution in [0.4, 0.5) is 0 Å². The van der Waals surface area contributed by atoms with Crippen LogP contribution in [-0.2, 0) is 19.1 Å². The molecule has 2 saturated carbocycles. The van der Waals surface area contributed by atoms with Gasteiger partial charge in [-0.05, 0) is 33.1 Å². The van der Waals surface area contributed by atoms with Crippen molar-refractivity contribution < 1.29 is 24.2 Å². The molecule has 1 heterocycles. The number of hydrogen-bond donors (Lipinski definition) is 1. The second-order valence-corrected chi connectivity index (χ2v) is 7.74. The van der Waals surface area contributed by atoms with Crippen LogP contribution in [0.2, 0.25) is 0 Å². The van der Waals surface area contributed by atoms with E-state index in [9.17, 15) is 14.7 Å². The molecule has 0 unspecified atom stereocenters. The third-order valence-electron chi connectivity index (χ3n) is 6.30. The summed E-state index contributed by atoms with van der Waals surface area (Å²) in [6.07, 6.45) is 1.92. The molecule has 25 heavy (non-hydrogen) atoms. The zero-order chi connectivity index (χ0) is 18.5. The molecular formula is C20H26O5. The highest BCUT2D eigenvalue weighted by Crippen LogP contribution is 2.57. The van der Waals surface area contributed by atoms with E-state index in [-0.39, 0.29) is 11.8 Å². The van der Waals surface area contributed by atoms with Gasteiger partial charge in [0.1, 0.15) is 12.2 Å². The summed E-state index contributed by atoms with van der Waals surface area (Å²) in [5, 5.41) is 10.7. The Kier molecular flexibility index (Phi) is 4.40. The number of rotatable bonds is 2. The molecule has 0 radical (unpaired) electrons. The molecule has 136 valence electrons. The predicted molar refractivity (Wildman–Crippen MR) is 92.4 cm³/mol. The minimum absolute atomic E-state index is 0.225. The third-order valence-corrected chi connectivity index (χ3v) is 6.30. The van der Waals surface area contributed by atoms with Gasteiger partial charge in [0, 0.05) is 22.5 Å². The van der Waals surface area contributed by atoms with Crippen LogP contribution in [0.25, 0.3) is 0 Å². The van der Waals surface area contributed by atoms with Crippen LogP contribution in [-0.4, -0.2) is 35.4 Å². The summed E-state index contributed by atoms with van der Waals surface area (Å²) >= 11 is 0. The van der Waals surface area contributed by atoms with Gasteiger partial charge >= 0.3 is 11.9 Å². The lowest BCUT2D eigenvalue weighted by atomic mass is 9.53. The van der Waals surface area contributed by atoms with Gasteiger partial charge in [-0.3, -0.25) is 0 Å². The number of ether oxygens (including phenoxy) is 2. The molecule has 5 heteroatoms. The molecule has 0 aromatic carbocycles. The van der Waals surface area contributed by atoms with E-state index in [2.05, 4.69) is 13.2 Å². The van der Waals surface area contributed by atoms with E-state index in [1.54, 1.807) is 19.9 Å². The fraction of sp³-hybridized carbons (Fsp3) is 0.600. The average molecular weight is 346 g/mol. The van der Waals surface area contributed by atoms with Crippen LogP contribution in [0.3, 0.4) is 0 Å². The molecule has 5 nitrogen and oxygen atoms in total. The second-order valence-electron chi connectivity index (χ2n) is 7.74. The normalized spacial score (nSPS) is 41.0. The van der Waals surface area contributed by atoms with Crippen LogP contribution >= 0.6 is 0 Å². The summed E-state index contributed by atoms with van der Waals surface area (Å²) in [5.41, 5.74) is 1.25. The number of carbonyl (C=O) groups excluding carboxylic acids is 2. The van der Waals surface area contributed by atoms with E-state index in [4.69, 9.17) is 9.47 Å². The van der Waals surface area contributed by atoms with E-state index in [0.717, 1.165) is 5.57 Å². The predicted octanol–water partition coefficient (Wildman–Crippen LogP) is 2.70. The van der Waals surface area contributed by atoms with Gasteiger partial charge in [-0.25, -0.2) is 9.59 Å². The maximum absolute atomic E-state index is 12.4. The van der Waals surface area contributed by atoms with Crippen LogP contribution in [0.1, 0.15) is 40.0 Å². The SMILES string of the molecule is C=C1C(=O)O[C@H]2C[C@@]3(C)[C@H](O)CCC(=C)[C@@H]3[C@@H](OC(=O)/C(C)=C/C)[C@H]12. The topological polar surface area (TPSA) is 72.8 Å². The Morgan fingerprint density at radius 2 is 2.12 bits per heavy atom. The van der Waals surface area contributed by atoms with Gasteiger partial charge in [0.2, 0.25) is 0 Å². The zero-order valence-electron chi connectivity index (χ0n) is 15.1. The number of carbonyl (C=O) groups is 2. The Morgan fingerprint density at radius 3 is 2.76 bits per heavy atom. The number of fused-ring (bicyclic) bond motifs is 2.